The fourth-order valence-corrected chi connectivity index (χ4v) is 0.514. The topological polar surface area (TPSA) is 26.0 Å². The highest BCUT2D eigenvalue weighted by molar-refractivity contribution is 4.98. The zero-order chi connectivity index (χ0) is 6.95. The molecular weight excluding hydrogens is 110 g/mol. The highest BCUT2D eigenvalue weighted by atomic mass is 14.5. The molecule has 0 spiro atoms. The SMILES string of the molecule is CCCCC#CCCN. The molecule has 0 amide bonds. The number of hydrogen-bond donors (Lipinski definition) is 1. The number of nitrogens with two attached hydrogens (primary N) is 1. The minimum Gasteiger partial charge on any atom is -0.330 e. The van der Waals surface area contributed by atoms with Crippen LogP contribution in [0.4, 0.5) is 0 Å². The lowest BCUT2D eigenvalue weighted by Crippen LogP contribution is -1.95. The standard InChI is InChI=1S/C8H15N/c1-2-3-4-5-6-7-8-9/h2-4,7-9H2,1H3. The summed E-state index contributed by atoms with van der Waals surface area (Å²) in [5.74, 6) is 6.05. The fourth-order valence-electron chi connectivity index (χ4n) is 0.514. The van der Waals surface area contributed by atoms with Crippen LogP contribution < -0.4 is 5.73 Å². The zero-order valence-corrected chi connectivity index (χ0v) is 6.11. The van der Waals surface area contributed by atoms with Crippen molar-refractivity contribution in [2.24, 2.45) is 5.73 Å². The Morgan fingerprint density at radius 2 is 1.89 bits per heavy atom. The summed E-state index contributed by atoms with van der Waals surface area (Å²) in [5.41, 5.74) is 5.24. The molecule has 0 heterocycles. The van der Waals surface area contributed by atoms with Crippen molar-refractivity contribution < 1.29 is 0 Å². The summed E-state index contributed by atoms with van der Waals surface area (Å²) < 4.78 is 0. The Hall–Kier alpha value is -0.480. The summed E-state index contributed by atoms with van der Waals surface area (Å²) in [6.07, 6.45) is 4.34. The van der Waals surface area contributed by atoms with Gasteiger partial charge in [-0.25, -0.2) is 0 Å². The molecule has 1 nitrogen and oxygen atoms in total. The monoisotopic (exact) mass is 125 g/mol. The lowest BCUT2D eigenvalue weighted by Gasteiger charge is -1.83. The molecule has 0 atom stereocenters. The Balaban J connectivity index is 2.96. The molecule has 2 N–H and O–H groups in total. The molecule has 0 radical (unpaired) electrons. The maximum atomic E-state index is 5.24. The normalized spacial score (nSPS) is 8.22. The molecule has 0 aromatic rings. The smallest absolute Gasteiger partial charge is 0.0212 e. The van der Waals surface area contributed by atoms with Crippen molar-refractivity contribution in [1.82, 2.24) is 0 Å². The van der Waals surface area contributed by atoms with Gasteiger partial charge in [0.1, 0.15) is 0 Å². The van der Waals surface area contributed by atoms with Gasteiger partial charge in [0, 0.05) is 19.4 Å². The van der Waals surface area contributed by atoms with Crippen molar-refractivity contribution in [2.75, 3.05) is 6.54 Å². The first kappa shape index (κ1) is 8.52. The zero-order valence-electron chi connectivity index (χ0n) is 6.11. The molecule has 0 bridgehead atoms. The Morgan fingerprint density at radius 3 is 2.44 bits per heavy atom. The molecule has 0 aliphatic rings. The van der Waals surface area contributed by atoms with E-state index in [9.17, 15) is 0 Å². The third kappa shape index (κ3) is 7.52. The lowest BCUT2D eigenvalue weighted by molar-refractivity contribution is 0.827. The van der Waals surface area contributed by atoms with Crippen molar-refractivity contribution >= 4 is 0 Å². The first-order valence-electron chi connectivity index (χ1n) is 3.57. The molecular formula is C8H15N. The van der Waals surface area contributed by atoms with Gasteiger partial charge >= 0.3 is 0 Å². The van der Waals surface area contributed by atoms with E-state index in [2.05, 4.69) is 18.8 Å². The van der Waals surface area contributed by atoms with Crippen LogP contribution in [0.15, 0.2) is 0 Å². The van der Waals surface area contributed by atoms with Crippen molar-refractivity contribution in [3.05, 3.63) is 0 Å². The van der Waals surface area contributed by atoms with Gasteiger partial charge in [-0.05, 0) is 6.42 Å². The average Bonchev–Trinajstić information content (AvgIpc) is 1.89. The van der Waals surface area contributed by atoms with Crippen LogP contribution in [-0.2, 0) is 0 Å². The number of unbranched alkanes of at least 4 members (excludes halogenated alkanes) is 2. The second-order valence-corrected chi connectivity index (χ2v) is 2.00. The summed E-state index contributed by atoms with van der Waals surface area (Å²) in [4.78, 5) is 0. The van der Waals surface area contributed by atoms with E-state index in [1.165, 1.54) is 12.8 Å². The molecule has 0 aromatic heterocycles. The van der Waals surface area contributed by atoms with Gasteiger partial charge in [0.2, 0.25) is 0 Å². The maximum Gasteiger partial charge on any atom is 0.0212 e. The van der Waals surface area contributed by atoms with Gasteiger partial charge < -0.3 is 5.73 Å². The van der Waals surface area contributed by atoms with E-state index in [-0.39, 0.29) is 0 Å². The van der Waals surface area contributed by atoms with E-state index in [1.54, 1.807) is 0 Å². The van der Waals surface area contributed by atoms with Crippen LogP contribution >= 0.6 is 0 Å². The Bertz CT molecular complexity index is 96.9. The molecule has 0 saturated heterocycles. The van der Waals surface area contributed by atoms with E-state index >= 15 is 0 Å². The average molecular weight is 125 g/mol. The minimum atomic E-state index is 0.694. The molecule has 52 valence electrons. The molecule has 0 saturated carbocycles. The van der Waals surface area contributed by atoms with E-state index in [1.807, 2.05) is 0 Å². The van der Waals surface area contributed by atoms with E-state index in [0.29, 0.717) is 6.54 Å². The van der Waals surface area contributed by atoms with Crippen LogP contribution in [0.3, 0.4) is 0 Å². The van der Waals surface area contributed by atoms with E-state index < -0.39 is 0 Å². The summed E-state index contributed by atoms with van der Waals surface area (Å²) in [5, 5.41) is 0. The van der Waals surface area contributed by atoms with Gasteiger partial charge in [0.15, 0.2) is 0 Å². The molecule has 9 heavy (non-hydrogen) atoms. The van der Waals surface area contributed by atoms with Gasteiger partial charge in [-0.3, -0.25) is 0 Å². The first-order valence-corrected chi connectivity index (χ1v) is 3.57. The second-order valence-electron chi connectivity index (χ2n) is 2.00. The van der Waals surface area contributed by atoms with Crippen molar-refractivity contribution in [3.63, 3.8) is 0 Å². The Morgan fingerprint density at radius 1 is 1.22 bits per heavy atom. The van der Waals surface area contributed by atoms with Crippen molar-refractivity contribution in [1.29, 1.82) is 0 Å². The van der Waals surface area contributed by atoms with Crippen LogP contribution in [0.5, 0.6) is 0 Å². The van der Waals surface area contributed by atoms with Gasteiger partial charge in [-0.15, -0.1) is 11.8 Å². The van der Waals surface area contributed by atoms with E-state index in [4.69, 9.17) is 5.73 Å². The quantitative estimate of drug-likeness (QED) is 0.449. The van der Waals surface area contributed by atoms with Crippen LogP contribution in [0, 0.1) is 11.8 Å². The van der Waals surface area contributed by atoms with Gasteiger partial charge in [-0.2, -0.15) is 0 Å². The fraction of sp³-hybridized carbons (Fsp3) is 0.750. The third-order valence-corrected chi connectivity index (χ3v) is 1.05. The van der Waals surface area contributed by atoms with Gasteiger partial charge in [0.05, 0.1) is 0 Å². The lowest BCUT2D eigenvalue weighted by atomic mass is 10.2. The van der Waals surface area contributed by atoms with Crippen molar-refractivity contribution in [2.45, 2.75) is 32.6 Å². The Labute approximate surface area is 57.6 Å². The predicted octanol–water partition coefficient (Wildman–Crippen LogP) is 1.53. The van der Waals surface area contributed by atoms with Crippen LogP contribution in [0.1, 0.15) is 32.6 Å². The molecule has 0 unspecified atom stereocenters. The molecule has 0 fully saturated rings. The largest absolute Gasteiger partial charge is 0.330 e. The summed E-state index contributed by atoms with van der Waals surface area (Å²) >= 11 is 0. The highest BCUT2D eigenvalue weighted by Gasteiger charge is 1.75. The molecule has 0 aliphatic heterocycles. The number of hydrogen-bond acceptors (Lipinski definition) is 1. The predicted molar refractivity (Wildman–Crippen MR) is 41.0 cm³/mol. The highest BCUT2D eigenvalue weighted by Crippen LogP contribution is 1.90. The summed E-state index contributed by atoms with van der Waals surface area (Å²) in [6.45, 7) is 2.86. The first-order chi connectivity index (χ1) is 4.41. The van der Waals surface area contributed by atoms with Crippen LogP contribution in [0.2, 0.25) is 0 Å². The van der Waals surface area contributed by atoms with E-state index in [0.717, 1.165) is 12.8 Å². The molecule has 0 aromatic carbocycles. The van der Waals surface area contributed by atoms with Crippen LogP contribution in [0.25, 0.3) is 0 Å². The minimum absolute atomic E-state index is 0.694. The molecule has 0 aliphatic carbocycles. The molecule has 0 rings (SSSR count). The summed E-state index contributed by atoms with van der Waals surface area (Å²) in [6, 6.07) is 0. The summed E-state index contributed by atoms with van der Waals surface area (Å²) in [7, 11) is 0. The van der Waals surface area contributed by atoms with Gasteiger partial charge in [0.25, 0.3) is 0 Å². The van der Waals surface area contributed by atoms with Gasteiger partial charge in [-0.1, -0.05) is 13.3 Å². The Kier molecular flexibility index (Phi) is 7.12. The number of rotatable bonds is 3. The second kappa shape index (κ2) is 7.52. The molecule has 1 heteroatoms. The van der Waals surface area contributed by atoms with Crippen molar-refractivity contribution in [3.8, 4) is 11.8 Å². The maximum absolute atomic E-state index is 5.24. The van der Waals surface area contributed by atoms with Crippen LogP contribution in [-0.4, -0.2) is 6.54 Å². The third-order valence-electron chi connectivity index (χ3n) is 1.05.